The van der Waals surface area contributed by atoms with Crippen LogP contribution in [0.5, 0.6) is 0 Å². The van der Waals surface area contributed by atoms with Crippen LogP contribution in [-0.4, -0.2) is 37.6 Å². The Bertz CT molecular complexity index is 349. The molecule has 0 saturated heterocycles. The number of ether oxygens (including phenoxy) is 1. The number of hydrogen-bond donors (Lipinski definition) is 0. The smallest absolute Gasteiger partial charge is 0.161 e. The summed E-state index contributed by atoms with van der Waals surface area (Å²) in [7, 11) is 3.63. The molecule has 0 bridgehead atoms. The van der Waals surface area contributed by atoms with Crippen molar-refractivity contribution >= 4 is 11.6 Å². The van der Waals surface area contributed by atoms with Crippen LogP contribution in [0.25, 0.3) is 0 Å². The van der Waals surface area contributed by atoms with Crippen molar-refractivity contribution in [2.45, 2.75) is 19.9 Å². The van der Waals surface area contributed by atoms with Crippen LogP contribution >= 0.6 is 0 Å². The molecule has 0 aliphatic carbocycles. The van der Waals surface area contributed by atoms with E-state index in [1.54, 1.807) is 19.4 Å². The molecule has 1 heterocycles. The molecular weight excluding hydrogens is 204 g/mol. The van der Waals surface area contributed by atoms with Gasteiger partial charge in [0.1, 0.15) is 5.82 Å². The fourth-order valence-electron chi connectivity index (χ4n) is 1.38. The lowest BCUT2D eigenvalue weighted by Crippen LogP contribution is -2.33. The summed E-state index contributed by atoms with van der Waals surface area (Å²) in [5.41, 5.74) is 0.636. The first-order chi connectivity index (χ1) is 7.56. The average Bonchev–Trinajstić information content (AvgIpc) is 2.28. The van der Waals surface area contributed by atoms with Crippen molar-refractivity contribution in [1.29, 1.82) is 0 Å². The predicted octanol–water partition coefficient (Wildman–Crippen LogP) is 1.76. The number of ketones is 1. The largest absolute Gasteiger partial charge is 0.383 e. The van der Waals surface area contributed by atoms with Gasteiger partial charge in [-0.2, -0.15) is 0 Å². The number of methoxy groups -OCH3 is 1. The van der Waals surface area contributed by atoms with E-state index in [1.165, 1.54) is 6.92 Å². The highest BCUT2D eigenvalue weighted by Crippen LogP contribution is 2.12. The molecule has 1 rings (SSSR count). The molecular formula is C12H18N2O2. The number of aromatic nitrogens is 1. The number of Topliss-reactive ketones (excluding diaryl/α,β-unsaturated/α-hetero) is 1. The van der Waals surface area contributed by atoms with Crippen molar-refractivity contribution in [2.75, 3.05) is 25.7 Å². The summed E-state index contributed by atoms with van der Waals surface area (Å²) in [6.07, 6.45) is 1.60. The van der Waals surface area contributed by atoms with Gasteiger partial charge in [0, 0.05) is 25.9 Å². The molecule has 1 aromatic heterocycles. The molecule has 16 heavy (non-hydrogen) atoms. The number of rotatable bonds is 5. The van der Waals surface area contributed by atoms with Crippen LogP contribution in [0.2, 0.25) is 0 Å². The van der Waals surface area contributed by atoms with Crippen LogP contribution in [0, 0.1) is 0 Å². The topological polar surface area (TPSA) is 42.4 Å². The Morgan fingerprint density at radius 1 is 1.56 bits per heavy atom. The molecule has 0 amide bonds. The van der Waals surface area contributed by atoms with E-state index in [-0.39, 0.29) is 11.8 Å². The monoisotopic (exact) mass is 222 g/mol. The third kappa shape index (κ3) is 3.03. The molecule has 0 N–H and O–H groups in total. The highest BCUT2D eigenvalue weighted by molar-refractivity contribution is 5.93. The maximum Gasteiger partial charge on any atom is 0.161 e. The van der Waals surface area contributed by atoms with E-state index in [9.17, 15) is 4.79 Å². The van der Waals surface area contributed by atoms with Crippen molar-refractivity contribution in [1.82, 2.24) is 4.98 Å². The number of likely N-dealkylation sites (N-methyl/N-ethyl adjacent to an activating group) is 1. The second kappa shape index (κ2) is 5.61. The fourth-order valence-corrected chi connectivity index (χ4v) is 1.38. The zero-order valence-corrected chi connectivity index (χ0v) is 10.2. The van der Waals surface area contributed by atoms with E-state index in [4.69, 9.17) is 4.74 Å². The first-order valence-electron chi connectivity index (χ1n) is 5.25. The van der Waals surface area contributed by atoms with Crippen molar-refractivity contribution in [3.05, 3.63) is 23.9 Å². The Morgan fingerprint density at radius 3 is 2.69 bits per heavy atom. The molecule has 0 spiro atoms. The lowest BCUT2D eigenvalue weighted by atomic mass is 10.2. The Morgan fingerprint density at radius 2 is 2.25 bits per heavy atom. The minimum atomic E-state index is 0.0339. The van der Waals surface area contributed by atoms with Gasteiger partial charge in [-0.05, 0) is 26.0 Å². The molecule has 4 nitrogen and oxygen atoms in total. The quantitative estimate of drug-likeness (QED) is 0.712. The predicted molar refractivity (Wildman–Crippen MR) is 64.0 cm³/mol. The Hall–Kier alpha value is -1.42. The number of carbonyl (C=O) groups excluding carboxylic acids is 1. The highest BCUT2D eigenvalue weighted by atomic mass is 16.5. The van der Waals surface area contributed by atoms with E-state index >= 15 is 0 Å². The molecule has 0 aliphatic rings. The van der Waals surface area contributed by atoms with E-state index in [0.717, 1.165) is 5.82 Å². The zero-order chi connectivity index (χ0) is 12.1. The van der Waals surface area contributed by atoms with Gasteiger partial charge in [-0.25, -0.2) is 4.98 Å². The van der Waals surface area contributed by atoms with Crippen molar-refractivity contribution in [3.8, 4) is 0 Å². The molecule has 0 aliphatic heterocycles. The summed E-state index contributed by atoms with van der Waals surface area (Å²) in [6, 6.07) is 3.89. The number of pyridine rings is 1. The first kappa shape index (κ1) is 12.6. The molecule has 1 atom stereocenters. The van der Waals surface area contributed by atoms with Gasteiger partial charge in [0.15, 0.2) is 5.78 Å². The van der Waals surface area contributed by atoms with Crippen LogP contribution in [0.15, 0.2) is 18.3 Å². The standard InChI is InChI=1S/C12H18N2O2/c1-9(8-16-4)14(3)12-6-5-11(7-13-12)10(2)15/h5-7,9H,8H2,1-4H3. The Kier molecular flexibility index (Phi) is 4.43. The fraction of sp³-hybridized carbons (Fsp3) is 0.500. The third-order valence-corrected chi connectivity index (χ3v) is 2.58. The second-order valence-electron chi connectivity index (χ2n) is 3.88. The first-order valence-corrected chi connectivity index (χ1v) is 5.25. The zero-order valence-electron chi connectivity index (χ0n) is 10.2. The Balaban J connectivity index is 2.77. The van der Waals surface area contributed by atoms with E-state index in [1.807, 2.05) is 18.0 Å². The number of hydrogen-bond acceptors (Lipinski definition) is 4. The third-order valence-electron chi connectivity index (χ3n) is 2.58. The normalized spacial score (nSPS) is 12.2. The molecule has 0 fully saturated rings. The highest BCUT2D eigenvalue weighted by Gasteiger charge is 2.11. The summed E-state index contributed by atoms with van der Waals surface area (Å²) in [5, 5.41) is 0. The second-order valence-corrected chi connectivity index (χ2v) is 3.88. The molecule has 1 aromatic rings. The minimum absolute atomic E-state index is 0.0339. The van der Waals surface area contributed by atoms with Crippen LogP contribution in [0.3, 0.4) is 0 Å². The SMILES string of the molecule is COCC(C)N(C)c1ccc(C(C)=O)cn1. The van der Waals surface area contributed by atoms with Gasteiger partial charge in [0.25, 0.3) is 0 Å². The van der Waals surface area contributed by atoms with Gasteiger partial charge in [-0.3, -0.25) is 4.79 Å². The van der Waals surface area contributed by atoms with Gasteiger partial charge < -0.3 is 9.64 Å². The molecule has 1 unspecified atom stereocenters. The van der Waals surface area contributed by atoms with Crippen molar-refractivity contribution in [3.63, 3.8) is 0 Å². The van der Waals surface area contributed by atoms with Crippen LogP contribution < -0.4 is 4.90 Å². The van der Waals surface area contributed by atoms with Gasteiger partial charge in [0.05, 0.1) is 12.6 Å². The van der Waals surface area contributed by atoms with E-state index < -0.39 is 0 Å². The number of nitrogens with zero attached hydrogens (tertiary/aromatic N) is 2. The molecule has 0 aromatic carbocycles. The Labute approximate surface area is 96.2 Å². The maximum atomic E-state index is 11.1. The summed E-state index contributed by atoms with van der Waals surface area (Å²) < 4.78 is 5.08. The maximum absolute atomic E-state index is 11.1. The molecule has 88 valence electrons. The lowest BCUT2D eigenvalue weighted by molar-refractivity contribution is 0.101. The van der Waals surface area contributed by atoms with Gasteiger partial charge in [-0.1, -0.05) is 0 Å². The molecule has 4 heteroatoms. The lowest BCUT2D eigenvalue weighted by Gasteiger charge is -2.25. The van der Waals surface area contributed by atoms with Crippen molar-refractivity contribution < 1.29 is 9.53 Å². The van der Waals surface area contributed by atoms with Crippen LogP contribution in [0.4, 0.5) is 5.82 Å². The van der Waals surface area contributed by atoms with Gasteiger partial charge >= 0.3 is 0 Å². The summed E-state index contributed by atoms with van der Waals surface area (Å²) in [6.45, 7) is 4.24. The van der Waals surface area contributed by atoms with Crippen molar-refractivity contribution in [2.24, 2.45) is 0 Å². The van der Waals surface area contributed by atoms with Gasteiger partial charge in [0.2, 0.25) is 0 Å². The molecule has 0 saturated carbocycles. The minimum Gasteiger partial charge on any atom is -0.383 e. The summed E-state index contributed by atoms with van der Waals surface area (Å²) >= 11 is 0. The molecule has 0 radical (unpaired) electrons. The summed E-state index contributed by atoms with van der Waals surface area (Å²) in [4.78, 5) is 17.4. The van der Waals surface area contributed by atoms with E-state index in [2.05, 4.69) is 11.9 Å². The van der Waals surface area contributed by atoms with Gasteiger partial charge in [-0.15, -0.1) is 0 Å². The van der Waals surface area contributed by atoms with E-state index in [0.29, 0.717) is 12.2 Å². The number of anilines is 1. The van der Waals surface area contributed by atoms with Crippen LogP contribution in [-0.2, 0) is 4.74 Å². The average molecular weight is 222 g/mol. The number of carbonyl (C=O) groups is 1. The summed E-state index contributed by atoms with van der Waals surface area (Å²) in [5.74, 6) is 0.876. The van der Waals surface area contributed by atoms with Crippen LogP contribution in [0.1, 0.15) is 24.2 Å².